The molecule has 6 heteroatoms. The second-order valence-electron chi connectivity index (χ2n) is 5.58. The largest absolute Gasteiger partial charge is 0.353 e. The number of hydrogen-bond acceptors (Lipinski definition) is 3. The highest BCUT2D eigenvalue weighted by Crippen LogP contribution is 2.30. The van der Waals surface area contributed by atoms with Crippen LogP contribution in [0.5, 0.6) is 0 Å². The molecule has 1 aromatic heterocycles. The smallest absolute Gasteiger partial charge is 0.269 e. The number of carbonyl (C=O) groups excluding carboxylic acids is 1. The van der Waals surface area contributed by atoms with Gasteiger partial charge in [0, 0.05) is 42.7 Å². The molecule has 114 valence electrons. The number of aromatic nitrogens is 1. The Balaban J connectivity index is 1.80. The Kier molecular flexibility index (Phi) is 3.66. The molecule has 1 aliphatic carbocycles. The third kappa shape index (κ3) is 2.86. The van der Waals surface area contributed by atoms with Crippen LogP contribution in [-0.2, 0) is 13.6 Å². The molecule has 0 bridgehead atoms. The molecule has 2 aromatic rings. The summed E-state index contributed by atoms with van der Waals surface area (Å²) in [6, 6.07) is 10.0. The maximum Gasteiger partial charge on any atom is 0.269 e. The minimum atomic E-state index is -0.461. The number of nitro groups is 1. The van der Waals surface area contributed by atoms with Gasteiger partial charge in [-0.3, -0.25) is 14.9 Å². The molecule has 0 spiro atoms. The first-order valence-electron chi connectivity index (χ1n) is 7.22. The molecular weight excluding hydrogens is 282 g/mol. The van der Waals surface area contributed by atoms with Crippen LogP contribution in [-0.4, -0.2) is 26.3 Å². The molecule has 0 atom stereocenters. The summed E-state index contributed by atoms with van der Waals surface area (Å²) in [7, 11) is 1.96. The summed E-state index contributed by atoms with van der Waals surface area (Å²) in [5.74, 6) is -0.0707. The lowest BCUT2D eigenvalue weighted by molar-refractivity contribution is -0.384. The van der Waals surface area contributed by atoms with Crippen molar-refractivity contribution >= 4 is 11.6 Å². The molecule has 0 aliphatic heterocycles. The van der Waals surface area contributed by atoms with Crippen LogP contribution >= 0.6 is 0 Å². The molecule has 1 fully saturated rings. The van der Waals surface area contributed by atoms with E-state index in [2.05, 4.69) is 0 Å². The van der Waals surface area contributed by atoms with E-state index >= 15 is 0 Å². The van der Waals surface area contributed by atoms with E-state index in [0.29, 0.717) is 12.1 Å². The van der Waals surface area contributed by atoms with E-state index in [1.807, 2.05) is 34.8 Å². The van der Waals surface area contributed by atoms with Crippen molar-refractivity contribution in [2.45, 2.75) is 25.4 Å². The standard InChI is InChI=1S/C16H17N3O3/c1-17-10-2-3-15(17)11-18(13-8-9-13)16(20)12-4-6-14(7-5-12)19(21)22/h2-7,10,13H,8-9,11H2,1H3. The van der Waals surface area contributed by atoms with Gasteiger partial charge in [0.25, 0.3) is 11.6 Å². The molecule has 0 radical (unpaired) electrons. The normalized spacial score (nSPS) is 13.9. The molecule has 22 heavy (non-hydrogen) atoms. The van der Waals surface area contributed by atoms with Crippen molar-refractivity contribution in [3.8, 4) is 0 Å². The van der Waals surface area contributed by atoms with Crippen LogP contribution in [0.25, 0.3) is 0 Å². The maximum atomic E-state index is 12.7. The monoisotopic (exact) mass is 299 g/mol. The zero-order valence-electron chi connectivity index (χ0n) is 12.3. The Morgan fingerprint density at radius 3 is 2.50 bits per heavy atom. The predicted octanol–water partition coefficient (Wildman–Crippen LogP) is 2.74. The van der Waals surface area contributed by atoms with E-state index < -0.39 is 4.92 Å². The number of amides is 1. The fraction of sp³-hybridized carbons (Fsp3) is 0.312. The van der Waals surface area contributed by atoms with Crippen LogP contribution in [0, 0.1) is 10.1 Å². The minimum absolute atomic E-state index is 0.00282. The van der Waals surface area contributed by atoms with Crippen molar-refractivity contribution in [2.75, 3.05) is 0 Å². The zero-order valence-corrected chi connectivity index (χ0v) is 12.3. The van der Waals surface area contributed by atoms with Gasteiger partial charge in [0.05, 0.1) is 11.5 Å². The first kappa shape index (κ1) is 14.3. The summed E-state index contributed by atoms with van der Waals surface area (Å²) < 4.78 is 2.00. The van der Waals surface area contributed by atoms with Gasteiger partial charge >= 0.3 is 0 Å². The highest BCUT2D eigenvalue weighted by Gasteiger charge is 2.33. The van der Waals surface area contributed by atoms with Gasteiger partial charge in [0.2, 0.25) is 0 Å². The third-order valence-electron chi connectivity index (χ3n) is 3.96. The van der Waals surface area contributed by atoms with Crippen LogP contribution in [0.4, 0.5) is 5.69 Å². The topological polar surface area (TPSA) is 68.4 Å². The van der Waals surface area contributed by atoms with Gasteiger partial charge in [-0.2, -0.15) is 0 Å². The number of nitrogens with zero attached hydrogens (tertiary/aromatic N) is 3. The first-order valence-corrected chi connectivity index (χ1v) is 7.22. The highest BCUT2D eigenvalue weighted by molar-refractivity contribution is 5.94. The Hall–Kier alpha value is -2.63. The van der Waals surface area contributed by atoms with Crippen LogP contribution in [0.3, 0.4) is 0 Å². The van der Waals surface area contributed by atoms with Gasteiger partial charge in [-0.15, -0.1) is 0 Å². The lowest BCUT2D eigenvalue weighted by Crippen LogP contribution is -2.33. The third-order valence-corrected chi connectivity index (χ3v) is 3.96. The summed E-state index contributed by atoms with van der Waals surface area (Å²) in [4.78, 5) is 24.8. The van der Waals surface area contributed by atoms with Gasteiger partial charge in [0.1, 0.15) is 0 Å². The summed E-state index contributed by atoms with van der Waals surface area (Å²) in [6.07, 6.45) is 3.99. The maximum absolute atomic E-state index is 12.7. The van der Waals surface area contributed by atoms with E-state index in [-0.39, 0.29) is 17.6 Å². The molecule has 0 saturated heterocycles. The van der Waals surface area contributed by atoms with E-state index in [4.69, 9.17) is 0 Å². The highest BCUT2D eigenvalue weighted by atomic mass is 16.6. The molecule has 0 unspecified atom stereocenters. The molecular formula is C16H17N3O3. The van der Waals surface area contributed by atoms with Crippen molar-refractivity contribution in [3.05, 3.63) is 64.0 Å². The SMILES string of the molecule is Cn1cccc1CN(C(=O)c1ccc([N+](=O)[O-])cc1)C1CC1. The molecule has 1 aromatic carbocycles. The molecule has 0 N–H and O–H groups in total. The fourth-order valence-corrected chi connectivity index (χ4v) is 2.48. The molecule has 1 amide bonds. The van der Waals surface area contributed by atoms with Crippen molar-refractivity contribution in [2.24, 2.45) is 7.05 Å². The second kappa shape index (κ2) is 5.63. The number of non-ortho nitro benzene ring substituents is 1. The Bertz CT molecular complexity index is 702. The van der Waals surface area contributed by atoms with Crippen LogP contribution in [0.15, 0.2) is 42.6 Å². The first-order chi connectivity index (χ1) is 10.6. The van der Waals surface area contributed by atoms with Crippen molar-refractivity contribution in [1.82, 2.24) is 9.47 Å². The molecule has 1 aliphatic rings. The minimum Gasteiger partial charge on any atom is -0.353 e. The van der Waals surface area contributed by atoms with Crippen LogP contribution in [0.1, 0.15) is 28.9 Å². The second-order valence-corrected chi connectivity index (χ2v) is 5.58. The van der Waals surface area contributed by atoms with Crippen molar-refractivity contribution < 1.29 is 9.72 Å². The Morgan fingerprint density at radius 1 is 1.32 bits per heavy atom. The van der Waals surface area contributed by atoms with E-state index in [9.17, 15) is 14.9 Å². The number of hydrogen-bond donors (Lipinski definition) is 0. The van der Waals surface area contributed by atoms with E-state index in [0.717, 1.165) is 18.5 Å². The van der Waals surface area contributed by atoms with Gasteiger partial charge in [-0.05, 0) is 37.1 Å². The summed E-state index contributed by atoms with van der Waals surface area (Å²) in [5.41, 5.74) is 1.56. The van der Waals surface area contributed by atoms with Crippen molar-refractivity contribution in [3.63, 3.8) is 0 Å². The van der Waals surface area contributed by atoms with Crippen molar-refractivity contribution in [1.29, 1.82) is 0 Å². The summed E-state index contributed by atoms with van der Waals surface area (Å²) in [6.45, 7) is 0.560. The molecule has 6 nitrogen and oxygen atoms in total. The summed E-state index contributed by atoms with van der Waals surface area (Å²) >= 11 is 0. The Labute approximate surface area is 128 Å². The predicted molar refractivity (Wildman–Crippen MR) is 81.4 cm³/mol. The fourth-order valence-electron chi connectivity index (χ4n) is 2.48. The number of nitro benzene ring substituents is 1. The van der Waals surface area contributed by atoms with E-state index in [1.54, 1.807) is 0 Å². The average Bonchev–Trinajstić information content (AvgIpc) is 3.27. The zero-order chi connectivity index (χ0) is 15.7. The number of rotatable bonds is 5. The quantitative estimate of drug-likeness (QED) is 0.629. The van der Waals surface area contributed by atoms with Crippen LogP contribution in [0.2, 0.25) is 0 Å². The van der Waals surface area contributed by atoms with Gasteiger partial charge < -0.3 is 9.47 Å². The molecule has 1 saturated carbocycles. The number of aryl methyl sites for hydroxylation is 1. The molecule has 3 rings (SSSR count). The van der Waals surface area contributed by atoms with E-state index in [1.165, 1.54) is 24.3 Å². The van der Waals surface area contributed by atoms with Gasteiger partial charge in [0.15, 0.2) is 0 Å². The van der Waals surface area contributed by atoms with Gasteiger partial charge in [-0.25, -0.2) is 0 Å². The average molecular weight is 299 g/mol. The number of carbonyl (C=O) groups is 1. The molecule has 1 heterocycles. The van der Waals surface area contributed by atoms with Gasteiger partial charge in [-0.1, -0.05) is 0 Å². The number of benzene rings is 1. The Morgan fingerprint density at radius 2 is 2.00 bits per heavy atom. The van der Waals surface area contributed by atoms with Crippen LogP contribution < -0.4 is 0 Å². The lowest BCUT2D eigenvalue weighted by Gasteiger charge is -2.23. The summed E-state index contributed by atoms with van der Waals surface area (Å²) in [5, 5.41) is 10.7. The lowest BCUT2D eigenvalue weighted by atomic mass is 10.1.